The summed E-state index contributed by atoms with van der Waals surface area (Å²) in [4.78, 5) is 33.9. The van der Waals surface area contributed by atoms with Gasteiger partial charge in [0.25, 0.3) is 11.4 Å². The van der Waals surface area contributed by atoms with Crippen LogP contribution in [0, 0.1) is 9.81 Å². The highest BCUT2D eigenvalue weighted by Gasteiger charge is 2.13. The molecular weight excluding hydrogens is 288 g/mol. The summed E-state index contributed by atoms with van der Waals surface area (Å²) in [5, 5.41) is 0. The number of nitrogens with zero attached hydrogens (tertiary/aromatic N) is 2. The Kier molecular flexibility index (Phi) is 5.97. The second-order valence-corrected chi connectivity index (χ2v) is 4.14. The molecule has 8 heteroatoms. The molecule has 0 amide bonds. The summed E-state index contributed by atoms with van der Waals surface area (Å²) < 4.78 is 0. The summed E-state index contributed by atoms with van der Waals surface area (Å²) in [5.74, 6) is 0. The predicted octanol–water partition coefficient (Wildman–Crippen LogP) is 2.08. The Labute approximate surface area is 126 Å². The van der Waals surface area contributed by atoms with Gasteiger partial charge in [-0.3, -0.25) is 0 Å². The molecule has 0 aliphatic carbocycles. The minimum absolute atomic E-state index is 0.0706. The highest BCUT2D eigenvalue weighted by Crippen LogP contribution is 2.07. The van der Waals surface area contributed by atoms with Crippen molar-refractivity contribution < 1.29 is 19.4 Å². The third-order valence-corrected chi connectivity index (χ3v) is 2.56. The molecule has 2 N–H and O–H groups in total. The molecule has 0 aromatic heterocycles. The van der Waals surface area contributed by atoms with E-state index in [1.165, 1.54) is 0 Å². The first kappa shape index (κ1) is 15.5. The van der Waals surface area contributed by atoms with E-state index in [-0.39, 0.29) is 13.2 Å². The van der Waals surface area contributed by atoms with E-state index >= 15 is 0 Å². The average molecular weight is 304 g/mol. The molecule has 22 heavy (non-hydrogen) atoms. The highest BCUT2D eigenvalue weighted by atomic mass is 16.7. The fourth-order valence-electron chi connectivity index (χ4n) is 1.52. The minimum Gasteiger partial charge on any atom is -0.222 e. The summed E-state index contributed by atoms with van der Waals surface area (Å²) in [6.07, 6.45) is 0. The van der Waals surface area contributed by atoms with Crippen molar-refractivity contribution >= 4 is 11.4 Å². The summed E-state index contributed by atoms with van der Waals surface area (Å²) in [7, 11) is 0. The van der Waals surface area contributed by atoms with Crippen molar-refractivity contribution in [3.05, 3.63) is 70.5 Å². The van der Waals surface area contributed by atoms with Gasteiger partial charge in [-0.1, -0.05) is 36.4 Å². The quantitative estimate of drug-likeness (QED) is 0.419. The number of hydrazine groups is 2. The van der Waals surface area contributed by atoms with E-state index in [1.807, 2.05) is 0 Å². The number of nitroso groups, excluding NO2 is 2. The van der Waals surface area contributed by atoms with E-state index in [4.69, 9.17) is 9.68 Å². The maximum absolute atomic E-state index is 11.5. The third-order valence-electron chi connectivity index (χ3n) is 2.56. The zero-order valence-electron chi connectivity index (χ0n) is 11.7. The second kappa shape index (κ2) is 8.45. The standard InChI is InChI=1S/C14H16N4O4/c19-17(13-7-3-1-4-8-13)15-21-11-12-22-16-18(20)14-9-5-2-6-10-14/h1-10H,11-12H2,(H,15,19)(H,16,20)/q+2. The Morgan fingerprint density at radius 1 is 0.682 bits per heavy atom. The summed E-state index contributed by atoms with van der Waals surface area (Å²) in [6, 6.07) is 17.1. The van der Waals surface area contributed by atoms with Gasteiger partial charge >= 0.3 is 0 Å². The number of rotatable bonds is 9. The molecular formula is C14H16N4O4+2. The Bertz CT molecular complexity index is 551. The average Bonchev–Trinajstić information content (AvgIpc) is 2.59. The Balaban J connectivity index is 1.58. The molecule has 2 aromatic rings. The van der Waals surface area contributed by atoms with Crippen LogP contribution in [-0.4, -0.2) is 23.0 Å². The van der Waals surface area contributed by atoms with Crippen LogP contribution in [0.25, 0.3) is 0 Å². The van der Waals surface area contributed by atoms with Gasteiger partial charge in [0.1, 0.15) is 13.2 Å². The Morgan fingerprint density at radius 2 is 1.05 bits per heavy atom. The van der Waals surface area contributed by atoms with Gasteiger partial charge in [0, 0.05) is 24.3 Å². The van der Waals surface area contributed by atoms with Gasteiger partial charge < -0.3 is 0 Å². The van der Waals surface area contributed by atoms with Crippen LogP contribution in [-0.2, 0) is 9.68 Å². The van der Waals surface area contributed by atoms with E-state index in [0.29, 0.717) is 21.1 Å². The molecule has 0 unspecified atom stereocenters. The van der Waals surface area contributed by atoms with E-state index in [0.717, 1.165) is 0 Å². The summed E-state index contributed by atoms with van der Waals surface area (Å²) >= 11 is 0. The first-order valence-electron chi connectivity index (χ1n) is 6.57. The SMILES string of the molecule is O=[N+](NOCCON[N+](=O)c1ccccc1)c1ccccc1. The lowest BCUT2D eigenvalue weighted by Gasteiger charge is -1.99. The van der Waals surface area contributed by atoms with E-state index < -0.39 is 0 Å². The number of nitrogens with one attached hydrogen (secondary N) is 2. The van der Waals surface area contributed by atoms with Crippen molar-refractivity contribution in [2.75, 3.05) is 13.2 Å². The number of hydrogen-bond donors (Lipinski definition) is 2. The minimum atomic E-state index is 0.0706. The van der Waals surface area contributed by atoms with Crippen molar-refractivity contribution in [2.45, 2.75) is 0 Å². The van der Waals surface area contributed by atoms with Gasteiger partial charge in [-0.15, -0.1) is 0 Å². The van der Waals surface area contributed by atoms with Crippen molar-refractivity contribution in [2.24, 2.45) is 0 Å². The Morgan fingerprint density at radius 3 is 1.41 bits per heavy atom. The molecule has 0 aliphatic rings. The van der Waals surface area contributed by atoms with Gasteiger partial charge in [0.05, 0.1) is 9.81 Å². The van der Waals surface area contributed by atoms with Crippen LogP contribution >= 0.6 is 0 Å². The van der Waals surface area contributed by atoms with Gasteiger partial charge in [-0.2, -0.15) is 0 Å². The van der Waals surface area contributed by atoms with Crippen molar-refractivity contribution in [3.63, 3.8) is 0 Å². The van der Waals surface area contributed by atoms with E-state index in [2.05, 4.69) is 11.2 Å². The van der Waals surface area contributed by atoms with E-state index in [1.54, 1.807) is 60.7 Å². The molecule has 0 saturated heterocycles. The highest BCUT2D eigenvalue weighted by molar-refractivity contribution is 5.28. The summed E-state index contributed by atoms with van der Waals surface area (Å²) in [6.45, 7) is 0.141. The normalized spacial score (nSPS) is 10.0. The largest absolute Gasteiger partial charge is 0.294 e. The topological polar surface area (TPSA) is 82.7 Å². The van der Waals surface area contributed by atoms with Crippen molar-refractivity contribution in [1.29, 1.82) is 0 Å². The van der Waals surface area contributed by atoms with Gasteiger partial charge in [0.15, 0.2) is 9.74 Å². The monoisotopic (exact) mass is 304 g/mol. The molecule has 0 fully saturated rings. The third kappa shape index (κ3) is 4.93. The smallest absolute Gasteiger partial charge is 0.222 e. The molecule has 0 spiro atoms. The molecule has 8 nitrogen and oxygen atoms in total. The van der Waals surface area contributed by atoms with Crippen molar-refractivity contribution in [3.8, 4) is 0 Å². The van der Waals surface area contributed by atoms with Crippen LogP contribution in [0.5, 0.6) is 0 Å². The second-order valence-electron chi connectivity index (χ2n) is 4.14. The summed E-state index contributed by atoms with van der Waals surface area (Å²) in [5.41, 5.74) is 5.22. The lowest BCUT2D eigenvalue weighted by atomic mass is 10.3. The fraction of sp³-hybridized carbons (Fsp3) is 0.143. The van der Waals surface area contributed by atoms with Crippen LogP contribution in [0.3, 0.4) is 0 Å². The molecule has 2 aromatic carbocycles. The first-order chi connectivity index (χ1) is 10.8. The van der Waals surface area contributed by atoms with Gasteiger partial charge in [-0.25, -0.2) is 9.68 Å². The zero-order chi connectivity index (χ0) is 15.6. The number of para-hydroxylation sites is 2. The van der Waals surface area contributed by atoms with Crippen LogP contribution < -0.4 is 11.2 Å². The van der Waals surface area contributed by atoms with Crippen LogP contribution in [0.2, 0.25) is 0 Å². The molecule has 114 valence electrons. The zero-order valence-corrected chi connectivity index (χ0v) is 11.7. The van der Waals surface area contributed by atoms with E-state index in [9.17, 15) is 9.81 Å². The first-order valence-corrected chi connectivity index (χ1v) is 6.57. The van der Waals surface area contributed by atoms with Gasteiger partial charge in [-0.05, 0) is 11.2 Å². The van der Waals surface area contributed by atoms with Crippen LogP contribution in [0.15, 0.2) is 60.7 Å². The molecule has 0 atom stereocenters. The molecule has 2 rings (SSSR count). The lowest BCUT2D eigenvalue weighted by Crippen LogP contribution is -2.28. The van der Waals surface area contributed by atoms with Crippen LogP contribution in [0.4, 0.5) is 11.4 Å². The molecule has 0 saturated carbocycles. The van der Waals surface area contributed by atoms with Crippen molar-refractivity contribution in [1.82, 2.24) is 11.2 Å². The predicted molar refractivity (Wildman–Crippen MR) is 77.6 cm³/mol. The molecule has 0 heterocycles. The maximum Gasteiger partial charge on any atom is 0.294 e. The maximum atomic E-state index is 11.5. The van der Waals surface area contributed by atoms with Crippen LogP contribution in [0.1, 0.15) is 0 Å². The molecule has 0 radical (unpaired) electrons. The number of benzene rings is 2. The lowest BCUT2D eigenvalue weighted by molar-refractivity contribution is -0.601. The number of hydrogen-bond acceptors (Lipinski definition) is 4. The fourth-order valence-corrected chi connectivity index (χ4v) is 1.52. The Hall–Kier alpha value is -2.84. The molecule has 0 aliphatic heterocycles. The molecule has 0 bridgehead atoms. The van der Waals surface area contributed by atoms with Gasteiger partial charge in [0.2, 0.25) is 0 Å².